The Labute approximate surface area is 173 Å². The first-order chi connectivity index (χ1) is 13.9. The largest absolute Gasteiger partial charge is 0.494 e. The van der Waals surface area contributed by atoms with Crippen LogP contribution in [0.15, 0.2) is 53.5 Å². The first kappa shape index (κ1) is 20.6. The van der Waals surface area contributed by atoms with Gasteiger partial charge in [0.1, 0.15) is 16.7 Å². The monoisotopic (exact) mass is 411 g/mol. The SMILES string of the molecule is COc1ccccc1N=C1S[C@@H](CC(=O)Nc2cccc(C(C)=O)c2)C(=O)N1C. The highest BCUT2D eigenvalue weighted by Gasteiger charge is 2.37. The zero-order chi connectivity index (χ0) is 21.0. The number of amidine groups is 1. The highest BCUT2D eigenvalue weighted by Crippen LogP contribution is 2.33. The Morgan fingerprint density at radius 1 is 1.21 bits per heavy atom. The van der Waals surface area contributed by atoms with Gasteiger partial charge < -0.3 is 10.1 Å². The Balaban J connectivity index is 1.70. The second-order valence-electron chi connectivity index (χ2n) is 6.46. The van der Waals surface area contributed by atoms with Crippen LogP contribution < -0.4 is 10.1 Å². The smallest absolute Gasteiger partial charge is 0.242 e. The molecule has 0 unspecified atom stereocenters. The lowest BCUT2D eigenvalue weighted by molar-refractivity contribution is -0.127. The van der Waals surface area contributed by atoms with E-state index in [1.165, 1.54) is 23.6 Å². The third kappa shape index (κ3) is 4.83. The zero-order valence-electron chi connectivity index (χ0n) is 16.3. The molecular formula is C21H21N3O4S. The van der Waals surface area contributed by atoms with Crippen molar-refractivity contribution in [1.29, 1.82) is 0 Å². The molecule has 0 aromatic heterocycles. The molecule has 1 saturated heterocycles. The fourth-order valence-electron chi connectivity index (χ4n) is 2.82. The van der Waals surface area contributed by atoms with Gasteiger partial charge >= 0.3 is 0 Å². The third-order valence-corrected chi connectivity index (χ3v) is 5.59. The second-order valence-corrected chi connectivity index (χ2v) is 7.63. The van der Waals surface area contributed by atoms with E-state index in [4.69, 9.17) is 4.74 Å². The lowest BCUT2D eigenvalue weighted by Crippen LogP contribution is -2.30. The highest BCUT2D eigenvalue weighted by atomic mass is 32.2. The number of carbonyl (C=O) groups excluding carboxylic acids is 3. The number of methoxy groups -OCH3 is 1. The van der Waals surface area contributed by atoms with Crippen molar-refractivity contribution >= 4 is 45.9 Å². The number of hydrogen-bond acceptors (Lipinski definition) is 6. The summed E-state index contributed by atoms with van der Waals surface area (Å²) in [5, 5.41) is 2.69. The minimum atomic E-state index is -0.565. The number of ketones is 1. The molecule has 1 aliphatic rings. The fraction of sp³-hybridized carbons (Fsp3) is 0.238. The van der Waals surface area contributed by atoms with Crippen molar-refractivity contribution in [3.8, 4) is 5.75 Å². The van der Waals surface area contributed by atoms with Crippen LogP contribution >= 0.6 is 11.8 Å². The first-order valence-electron chi connectivity index (χ1n) is 8.96. The first-order valence-corrected chi connectivity index (χ1v) is 9.84. The Morgan fingerprint density at radius 3 is 2.69 bits per heavy atom. The van der Waals surface area contributed by atoms with Gasteiger partial charge in [-0.2, -0.15) is 0 Å². The predicted molar refractivity (Wildman–Crippen MR) is 114 cm³/mol. The average molecular weight is 411 g/mol. The number of aliphatic imine (C=N–C) groups is 1. The Hall–Kier alpha value is -3.13. The van der Waals surface area contributed by atoms with Crippen LogP contribution in [0.3, 0.4) is 0 Å². The van der Waals surface area contributed by atoms with E-state index in [1.807, 2.05) is 12.1 Å². The number of anilines is 1. The van der Waals surface area contributed by atoms with Gasteiger partial charge in [-0.1, -0.05) is 36.0 Å². The van der Waals surface area contributed by atoms with Crippen molar-refractivity contribution in [1.82, 2.24) is 4.90 Å². The Kier molecular flexibility index (Phi) is 6.33. The molecule has 0 bridgehead atoms. The second kappa shape index (κ2) is 8.91. The van der Waals surface area contributed by atoms with E-state index in [0.717, 1.165) is 0 Å². The lowest BCUT2D eigenvalue weighted by Gasteiger charge is -2.10. The number of benzene rings is 2. The van der Waals surface area contributed by atoms with Crippen molar-refractivity contribution in [2.45, 2.75) is 18.6 Å². The van der Waals surface area contributed by atoms with Crippen LogP contribution in [0.1, 0.15) is 23.7 Å². The van der Waals surface area contributed by atoms with E-state index >= 15 is 0 Å². The van der Waals surface area contributed by atoms with Crippen LogP contribution in [0.5, 0.6) is 5.75 Å². The van der Waals surface area contributed by atoms with Crippen LogP contribution in [0, 0.1) is 0 Å². The number of para-hydroxylation sites is 2. The molecule has 0 saturated carbocycles. The van der Waals surface area contributed by atoms with Crippen molar-refractivity contribution in [2.24, 2.45) is 4.99 Å². The number of ether oxygens (including phenoxy) is 1. The molecule has 1 fully saturated rings. The molecule has 3 rings (SSSR count). The minimum Gasteiger partial charge on any atom is -0.494 e. The van der Waals surface area contributed by atoms with E-state index in [1.54, 1.807) is 50.6 Å². The van der Waals surface area contributed by atoms with E-state index in [9.17, 15) is 14.4 Å². The number of Topliss-reactive ketones (excluding diaryl/α,β-unsaturated/α-hetero) is 1. The standard InChI is InChI=1S/C21H21N3O4S/c1-13(25)14-7-6-8-15(11-14)22-19(26)12-18-20(27)24(2)21(29-18)23-16-9-4-5-10-17(16)28-3/h4-11,18H,12H2,1-3H3,(H,22,26)/t18-/m0/s1. The number of nitrogens with zero attached hydrogens (tertiary/aromatic N) is 2. The molecule has 0 spiro atoms. The summed E-state index contributed by atoms with van der Waals surface area (Å²) in [5.74, 6) is 0.0363. The summed E-state index contributed by atoms with van der Waals surface area (Å²) in [6.45, 7) is 1.47. The maximum Gasteiger partial charge on any atom is 0.242 e. The summed E-state index contributed by atoms with van der Waals surface area (Å²) in [6, 6.07) is 14.0. The summed E-state index contributed by atoms with van der Waals surface area (Å²) >= 11 is 1.24. The van der Waals surface area contributed by atoms with Gasteiger partial charge in [-0.05, 0) is 31.2 Å². The van der Waals surface area contributed by atoms with Crippen molar-refractivity contribution in [3.63, 3.8) is 0 Å². The maximum absolute atomic E-state index is 12.6. The molecule has 0 aliphatic carbocycles. The molecular weight excluding hydrogens is 390 g/mol. The summed E-state index contributed by atoms with van der Waals surface area (Å²) in [5.41, 5.74) is 1.65. The van der Waals surface area contributed by atoms with Crippen LogP contribution in [0.25, 0.3) is 0 Å². The van der Waals surface area contributed by atoms with Crippen LogP contribution in [-0.4, -0.2) is 47.1 Å². The fourth-order valence-corrected chi connectivity index (χ4v) is 3.97. The molecule has 7 nitrogen and oxygen atoms in total. The molecule has 8 heteroatoms. The molecule has 1 atom stereocenters. The van der Waals surface area contributed by atoms with E-state index in [-0.39, 0.29) is 24.0 Å². The number of rotatable bonds is 6. The van der Waals surface area contributed by atoms with Gasteiger partial charge in [0.15, 0.2) is 11.0 Å². The van der Waals surface area contributed by atoms with Gasteiger partial charge in [0.25, 0.3) is 0 Å². The van der Waals surface area contributed by atoms with Gasteiger partial charge in [0.2, 0.25) is 11.8 Å². The quantitative estimate of drug-likeness (QED) is 0.735. The van der Waals surface area contributed by atoms with E-state index in [2.05, 4.69) is 10.3 Å². The number of amides is 2. The predicted octanol–water partition coefficient (Wildman–Crippen LogP) is 3.49. The summed E-state index contributed by atoms with van der Waals surface area (Å²) < 4.78 is 5.29. The van der Waals surface area contributed by atoms with E-state index in [0.29, 0.717) is 27.9 Å². The minimum absolute atomic E-state index is 0.00306. The van der Waals surface area contributed by atoms with Gasteiger partial charge in [-0.3, -0.25) is 19.3 Å². The molecule has 29 heavy (non-hydrogen) atoms. The molecule has 1 heterocycles. The molecule has 0 radical (unpaired) electrons. The van der Waals surface area contributed by atoms with Crippen LogP contribution in [0.4, 0.5) is 11.4 Å². The molecule has 1 aliphatic heterocycles. The number of nitrogens with one attached hydrogen (secondary N) is 1. The molecule has 2 amide bonds. The van der Waals surface area contributed by atoms with Crippen molar-refractivity contribution in [3.05, 3.63) is 54.1 Å². The average Bonchev–Trinajstić information content (AvgIpc) is 2.96. The van der Waals surface area contributed by atoms with Gasteiger partial charge in [-0.15, -0.1) is 0 Å². The molecule has 2 aromatic carbocycles. The normalized spacial score (nSPS) is 17.5. The van der Waals surface area contributed by atoms with Crippen molar-refractivity contribution in [2.75, 3.05) is 19.5 Å². The third-order valence-electron chi connectivity index (χ3n) is 4.37. The molecule has 2 aromatic rings. The maximum atomic E-state index is 12.6. The highest BCUT2D eigenvalue weighted by molar-refractivity contribution is 8.15. The van der Waals surface area contributed by atoms with Crippen molar-refractivity contribution < 1.29 is 19.1 Å². The van der Waals surface area contributed by atoms with Crippen LogP contribution in [-0.2, 0) is 9.59 Å². The summed E-state index contributed by atoms with van der Waals surface area (Å²) in [4.78, 5) is 42.4. The summed E-state index contributed by atoms with van der Waals surface area (Å²) in [7, 11) is 3.20. The van der Waals surface area contributed by atoms with E-state index < -0.39 is 5.25 Å². The zero-order valence-corrected chi connectivity index (χ0v) is 17.2. The summed E-state index contributed by atoms with van der Waals surface area (Å²) in [6.07, 6.45) is 0.00306. The van der Waals surface area contributed by atoms with Gasteiger partial charge in [0.05, 0.1) is 7.11 Å². The number of thioether (sulfide) groups is 1. The van der Waals surface area contributed by atoms with Gasteiger partial charge in [0, 0.05) is 24.7 Å². The number of hydrogen-bond donors (Lipinski definition) is 1. The molecule has 150 valence electrons. The van der Waals surface area contributed by atoms with Gasteiger partial charge in [-0.25, -0.2) is 4.99 Å². The Morgan fingerprint density at radius 2 is 1.97 bits per heavy atom. The lowest BCUT2D eigenvalue weighted by atomic mass is 10.1. The topological polar surface area (TPSA) is 88.1 Å². The number of carbonyl (C=O) groups is 3. The Bertz CT molecular complexity index is 989. The van der Waals surface area contributed by atoms with Crippen LogP contribution in [0.2, 0.25) is 0 Å². The molecule has 1 N–H and O–H groups in total.